The van der Waals surface area contributed by atoms with Crippen LogP contribution >= 0.6 is 0 Å². The highest BCUT2D eigenvalue weighted by Gasteiger charge is 2.38. The number of carbonyl (C=O) groups is 3. The molecular weight excluding hydrogens is 304 g/mol. The molecule has 2 amide bonds. The Hall–Kier alpha value is -2.74. The Morgan fingerprint density at radius 3 is 2.57 bits per heavy atom. The topological polar surface area (TPSA) is 94.5 Å². The van der Waals surface area contributed by atoms with Gasteiger partial charge in [-0.25, -0.2) is 4.79 Å². The predicted molar refractivity (Wildman–Crippen MR) is 76.5 cm³/mol. The van der Waals surface area contributed by atoms with Crippen molar-refractivity contribution in [2.75, 3.05) is 13.2 Å². The van der Waals surface area contributed by atoms with E-state index in [-0.39, 0.29) is 25.3 Å². The predicted octanol–water partition coefficient (Wildman–Crippen LogP) is 0.922. The molecule has 1 aromatic carbocycles. The fraction of sp³-hybridized carbons (Fsp3) is 0.333. The van der Waals surface area contributed by atoms with Crippen LogP contribution in [0.5, 0.6) is 0 Å². The van der Waals surface area contributed by atoms with Gasteiger partial charge < -0.3 is 9.57 Å². The van der Waals surface area contributed by atoms with Gasteiger partial charge in [0, 0.05) is 6.42 Å². The molecule has 3 rings (SSSR count). The summed E-state index contributed by atoms with van der Waals surface area (Å²) in [5.74, 6) is -1.58. The molecule has 0 bridgehead atoms. The van der Waals surface area contributed by atoms with Crippen LogP contribution in [0.1, 0.15) is 34.1 Å². The second-order valence-corrected chi connectivity index (χ2v) is 4.94. The van der Waals surface area contributed by atoms with Crippen LogP contribution in [0, 0.1) is 0 Å². The molecule has 8 heteroatoms. The maximum Gasteiger partial charge on any atom is 0.356 e. The Morgan fingerprint density at radius 2 is 1.96 bits per heavy atom. The zero-order valence-electron chi connectivity index (χ0n) is 12.4. The smallest absolute Gasteiger partial charge is 0.356 e. The monoisotopic (exact) mass is 318 g/mol. The standard InChI is InChI=1S/C15H14N2O6/c1-2-21-15(20)12-7-9(23-16-12)8-22-17-13(18)10-5-3-4-6-11(10)14(17)19/h3-6,9H,2,7-8H2,1H3/t9-/m0/s1. The van der Waals surface area contributed by atoms with Crippen molar-refractivity contribution >= 4 is 23.5 Å². The first-order chi connectivity index (χ1) is 11.1. The molecule has 2 aliphatic heterocycles. The number of carbonyl (C=O) groups excluding carboxylic acids is 3. The van der Waals surface area contributed by atoms with Crippen LogP contribution in [0.3, 0.4) is 0 Å². The summed E-state index contributed by atoms with van der Waals surface area (Å²) in [7, 11) is 0. The molecule has 0 fully saturated rings. The molecule has 0 N–H and O–H groups in total. The number of oxime groups is 1. The molecule has 0 spiro atoms. The Balaban J connectivity index is 1.56. The molecule has 8 nitrogen and oxygen atoms in total. The largest absolute Gasteiger partial charge is 0.461 e. The van der Waals surface area contributed by atoms with E-state index in [1.54, 1.807) is 31.2 Å². The molecule has 1 atom stereocenters. The molecule has 0 radical (unpaired) electrons. The summed E-state index contributed by atoms with van der Waals surface area (Å²) in [6.45, 7) is 1.85. The Labute approximate surface area is 131 Å². The number of esters is 1. The number of hydroxylamine groups is 2. The van der Waals surface area contributed by atoms with Gasteiger partial charge in [0.05, 0.1) is 17.7 Å². The fourth-order valence-electron chi connectivity index (χ4n) is 2.29. The van der Waals surface area contributed by atoms with Crippen LogP contribution in [0.25, 0.3) is 0 Å². The first kappa shape index (κ1) is 15.2. The van der Waals surface area contributed by atoms with Gasteiger partial charge in [-0.2, -0.15) is 0 Å². The first-order valence-corrected chi connectivity index (χ1v) is 7.12. The van der Waals surface area contributed by atoms with Crippen molar-refractivity contribution < 1.29 is 28.8 Å². The van der Waals surface area contributed by atoms with E-state index in [0.29, 0.717) is 16.2 Å². The Morgan fingerprint density at radius 1 is 1.30 bits per heavy atom. The Bertz CT molecular complexity index is 664. The molecule has 0 aliphatic carbocycles. The maximum atomic E-state index is 12.1. The summed E-state index contributed by atoms with van der Waals surface area (Å²) in [4.78, 5) is 46.0. The normalized spacial score (nSPS) is 19.4. The summed E-state index contributed by atoms with van der Waals surface area (Å²) < 4.78 is 4.82. The zero-order chi connectivity index (χ0) is 16.4. The number of nitrogens with zero attached hydrogens (tertiary/aromatic N) is 2. The highest BCUT2D eigenvalue weighted by molar-refractivity contribution is 6.36. The van der Waals surface area contributed by atoms with Crippen LogP contribution in [-0.2, 0) is 19.2 Å². The zero-order valence-corrected chi connectivity index (χ0v) is 12.4. The minimum absolute atomic E-state index is 0.0854. The number of benzene rings is 1. The molecule has 0 aromatic heterocycles. The third-order valence-corrected chi connectivity index (χ3v) is 3.39. The van der Waals surface area contributed by atoms with E-state index in [9.17, 15) is 14.4 Å². The number of ether oxygens (including phenoxy) is 1. The SMILES string of the molecule is CCOC(=O)C1=NO[C@H](CON2C(=O)c3ccccc3C2=O)C1. The van der Waals surface area contributed by atoms with Crippen LogP contribution in [0.2, 0.25) is 0 Å². The molecule has 120 valence electrons. The lowest BCUT2D eigenvalue weighted by molar-refractivity contribution is -0.135. The number of hydrogen-bond donors (Lipinski definition) is 0. The highest BCUT2D eigenvalue weighted by Crippen LogP contribution is 2.23. The average molecular weight is 318 g/mol. The van der Waals surface area contributed by atoms with Crippen molar-refractivity contribution in [3.05, 3.63) is 35.4 Å². The lowest BCUT2D eigenvalue weighted by Crippen LogP contribution is -2.33. The third kappa shape index (κ3) is 2.80. The van der Waals surface area contributed by atoms with E-state index in [0.717, 1.165) is 0 Å². The maximum absolute atomic E-state index is 12.1. The van der Waals surface area contributed by atoms with Crippen LogP contribution in [0.15, 0.2) is 29.4 Å². The lowest BCUT2D eigenvalue weighted by Gasteiger charge is -2.15. The van der Waals surface area contributed by atoms with E-state index >= 15 is 0 Å². The molecule has 0 saturated heterocycles. The summed E-state index contributed by atoms with van der Waals surface area (Å²) in [5, 5.41) is 4.34. The summed E-state index contributed by atoms with van der Waals surface area (Å²) in [5.41, 5.74) is 0.754. The molecule has 0 unspecified atom stereocenters. The average Bonchev–Trinajstić information content (AvgIpc) is 3.12. The van der Waals surface area contributed by atoms with Crippen molar-refractivity contribution in [2.24, 2.45) is 5.16 Å². The molecule has 23 heavy (non-hydrogen) atoms. The van der Waals surface area contributed by atoms with Crippen molar-refractivity contribution in [3.63, 3.8) is 0 Å². The number of imide groups is 1. The van der Waals surface area contributed by atoms with Gasteiger partial charge in [-0.05, 0) is 19.1 Å². The highest BCUT2D eigenvalue weighted by atomic mass is 16.7. The lowest BCUT2D eigenvalue weighted by atomic mass is 10.1. The van der Waals surface area contributed by atoms with Gasteiger partial charge >= 0.3 is 5.97 Å². The number of hydrogen-bond acceptors (Lipinski definition) is 7. The first-order valence-electron chi connectivity index (χ1n) is 7.12. The molecule has 2 aliphatic rings. The van der Waals surface area contributed by atoms with E-state index < -0.39 is 23.9 Å². The minimum Gasteiger partial charge on any atom is -0.461 e. The van der Waals surface area contributed by atoms with Crippen molar-refractivity contribution in [1.82, 2.24) is 5.06 Å². The third-order valence-electron chi connectivity index (χ3n) is 3.39. The molecule has 1 aromatic rings. The van der Waals surface area contributed by atoms with Gasteiger partial charge in [-0.15, -0.1) is 5.06 Å². The summed E-state index contributed by atoms with van der Waals surface area (Å²) in [6.07, 6.45) is -0.360. The minimum atomic E-state index is -0.557. The van der Waals surface area contributed by atoms with Gasteiger partial charge in [-0.3, -0.25) is 14.4 Å². The van der Waals surface area contributed by atoms with Crippen LogP contribution in [-0.4, -0.2) is 47.9 Å². The van der Waals surface area contributed by atoms with Gasteiger partial charge in [-0.1, -0.05) is 17.3 Å². The van der Waals surface area contributed by atoms with Gasteiger partial charge in [0.15, 0.2) is 11.8 Å². The number of rotatable bonds is 5. The molecule has 2 heterocycles. The van der Waals surface area contributed by atoms with E-state index in [2.05, 4.69) is 5.16 Å². The second-order valence-electron chi connectivity index (χ2n) is 4.94. The van der Waals surface area contributed by atoms with E-state index in [1.165, 1.54) is 0 Å². The fourth-order valence-corrected chi connectivity index (χ4v) is 2.29. The van der Waals surface area contributed by atoms with Gasteiger partial charge in [0.1, 0.15) is 6.61 Å². The van der Waals surface area contributed by atoms with Crippen LogP contribution in [0.4, 0.5) is 0 Å². The number of fused-ring (bicyclic) bond motifs is 1. The number of amides is 2. The van der Waals surface area contributed by atoms with Gasteiger partial charge in [0.2, 0.25) is 0 Å². The van der Waals surface area contributed by atoms with Crippen molar-refractivity contribution in [2.45, 2.75) is 19.4 Å². The second kappa shape index (κ2) is 6.17. The van der Waals surface area contributed by atoms with Gasteiger partial charge in [0.25, 0.3) is 11.8 Å². The summed E-state index contributed by atoms with van der Waals surface area (Å²) in [6, 6.07) is 6.47. The van der Waals surface area contributed by atoms with Crippen molar-refractivity contribution in [1.29, 1.82) is 0 Å². The van der Waals surface area contributed by atoms with E-state index in [4.69, 9.17) is 14.4 Å². The van der Waals surface area contributed by atoms with Crippen LogP contribution < -0.4 is 0 Å². The summed E-state index contributed by atoms with van der Waals surface area (Å²) >= 11 is 0. The molecular formula is C15H14N2O6. The Kier molecular flexibility index (Phi) is 4.07. The van der Waals surface area contributed by atoms with E-state index in [1.807, 2.05) is 0 Å². The quantitative estimate of drug-likeness (QED) is 0.592. The molecule has 0 saturated carbocycles. The van der Waals surface area contributed by atoms with Crippen molar-refractivity contribution in [3.8, 4) is 0 Å².